The molecule has 6 nitrogen and oxygen atoms in total. The maximum absolute atomic E-state index is 12.9. The molecule has 27 heavy (non-hydrogen) atoms. The summed E-state index contributed by atoms with van der Waals surface area (Å²) in [6.07, 6.45) is 5.72. The minimum atomic E-state index is -0.280. The van der Waals surface area contributed by atoms with Crippen LogP contribution in [0.2, 0.25) is 0 Å². The smallest absolute Gasteiger partial charge is 0.243 e. The summed E-state index contributed by atoms with van der Waals surface area (Å²) >= 11 is 0. The van der Waals surface area contributed by atoms with Crippen LogP contribution in [0, 0.1) is 23.7 Å². The number of carbonyl (C=O) groups excluding carboxylic acids is 3. The van der Waals surface area contributed by atoms with E-state index in [2.05, 4.69) is 0 Å². The van der Waals surface area contributed by atoms with Crippen LogP contribution in [0.1, 0.15) is 25.3 Å². The molecule has 1 N–H and O–H groups in total. The van der Waals surface area contributed by atoms with Crippen LogP contribution < -0.4 is 0 Å². The Labute approximate surface area is 158 Å². The minimum Gasteiger partial charge on any atom is -0.508 e. The fourth-order valence-corrected chi connectivity index (χ4v) is 4.77. The van der Waals surface area contributed by atoms with E-state index >= 15 is 0 Å². The second-order valence-corrected chi connectivity index (χ2v) is 7.71. The number of amides is 3. The van der Waals surface area contributed by atoms with Crippen LogP contribution >= 0.6 is 0 Å². The first-order chi connectivity index (χ1) is 13.0. The molecule has 1 aliphatic heterocycles. The lowest BCUT2D eigenvalue weighted by Gasteiger charge is -2.25. The lowest BCUT2D eigenvalue weighted by atomic mass is 9.85. The van der Waals surface area contributed by atoms with E-state index in [4.69, 9.17) is 0 Å². The fraction of sp³-hybridized carbons (Fsp3) is 0.476. The van der Waals surface area contributed by atoms with Crippen molar-refractivity contribution in [3.05, 3.63) is 42.0 Å². The number of carbonyl (C=O) groups is 3. The number of hydrogen-bond acceptors (Lipinski definition) is 4. The minimum absolute atomic E-state index is 0.136. The summed E-state index contributed by atoms with van der Waals surface area (Å²) in [6, 6.07) is 6.89. The van der Waals surface area contributed by atoms with Gasteiger partial charge in [0.2, 0.25) is 17.7 Å². The average Bonchev–Trinajstić information content (AvgIpc) is 3.33. The van der Waals surface area contributed by atoms with Crippen LogP contribution in [-0.4, -0.2) is 45.7 Å². The topological polar surface area (TPSA) is 77.9 Å². The second kappa shape index (κ2) is 6.83. The van der Waals surface area contributed by atoms with E-state index < -0.39 is 0 Å². The summed E-state index contributed by atoms with van der Waals surface area (Å²) in [5, 5.41) is 9.99. The number of imide groups is 1. The Kier molecular flexibility index (Phi) is 4.50. The molecule has 0 aromatic heterocycles. The average molecular weight is 368 g/mol. The summed E-state index contributed by atoms with van der Waals surface area (Å²) in [6.45, 7) is 2.51. The van der Waals surface area contributed by atoms with Gasteiger partial charge in [-0.15, -0.1) is 0 Å². The molecule has 2 aliphatic carbocycles. The maximum atomic E-state index is 12.9. The zero-order valence-corrected chi connectivity index (χ0v) is 15.4. The third-order valence-corrected chi connectivity index (χ3v) is 6.05. The highest BCUT2D eigenvalue weighted by atomic mass is 16.3. The van der Waals surface area contributed by atoms with Gasteiger partial charge in [0.15, 0.2) is 0 Å². The van der Waals surface area contributed by atoms with E-state index in [1.807, 2.05) is 19.1 Å². The molecule has 1 heterocycles. The summed E-state index contributed by atoms with van der Waals surface area (Å²) in [5.74, 6) is -0.798. The molecule has 0 unspecified atom stereocenters. The van der Waals surface area contributed by atoms with E-state index in [1.165, 1.54) is 0 Å². The Morgan fingerprint density at radius 1 is 1.15 bits per heavy atom. The molecule has 2 bridgehead atoms. The summed E-state index contributed by atoms with van der Waals surface area (Å²) in [4.78, 5) is 41.2. The molecule has 6 heteroatoms. The van der Waals surface area contributed by atoms with Crippen LogP contribution in [-0.2, 0) is 20.9 Å². The van der Waals surface area contributed by atoms with Gasteiger partial charge >= 0.3 is 0 Å². The summed E-state index contributed by atoms with van der Waals surface area (Å²) in [7, 11) is 0. The standard InChI is InChI=1S/C21H24N2O4/c1-2-9-22(11-15-5-3-4-6-16(15)24)17(25)12-23-20(26)18-13-7-8-14(10-13)19(18)21(23)27/h3-8,13-14,18-19,24H,2,9-12H2,1H3/t13-,14-,18+,19+/m0/s1. The Morgan fingerprint density at radius 2 is 1.78 bits per heavy atom. The molecule has 1 aromatic carbocycles. The number of rotatable bonds is 6. The largest absolute Gasteiger partial charge is 0.508 e. The molecule has 2 fully saturated rings. The number of para-hydroxylation sites is 1. The molecule has 3 amide bonds. The Bertz CT molecular complexity index is 788. The van der Waals surface area contributed by atoms with Crippen molar-refractivity contribution in [3.63, 3.8) is 0 Å². The van der Waals surface area contributed by atoms with Crippen molar-refractivity contribution < 1.29 is 19.5 Å². The first-order valence-corrected chi connectivity index (χ1v) is 9.59. The zero-order valence-electron chi connectivity index (χ0n) is 15.4. The number of phenolic OH excluding ortho intramolecular Hbond substituents is 1. The van der Waals surface area contributed by atoms with Crippen LogP contribution in [0.15, 0.2) is 36.4 Å². The predicted octanol–water partition coefficient (Wildman–Crippen LogP) is 1.94. The van der Waals surface area contributed by atoms with Gasteiger partial charge in [-0.1, -0.05) is 37.3 Å². The van der Waals surface area contributed by atoms with Gasteiger partial charge in [0.05, 0.1) is 11.8 Å². The van der Waals surface area contributed by atoms with Gasteiger partial charge in [0, 0.05) is 18.7 Å². The molecule has 0 spiro atoms. The van der Waals surface area contributed by atoms with E-state index in [0.29, 0.717) is 12.1 Å². The molecule has 1 saturated carbocycles. The van der Waals surface area contributed by atoms with Crippen molar-refractivity contribution in [2.75, 3.05) is 13.1 Å². The quantitative estimate of drug-likeness (QED) is 0.615. The van der Waals surface area contributed by atoms with Gasteiger partial charge in [0.1, 0.15) is 12.3 Å². The second-order valence-electron chi connectivity index (χ2n) is 7.71. The van der Waals surface area contributed by atoms with Crippen molar-refractivity contribution in [1.29, 1.82) is 0 Å². The SMILES string of the molecule is CCCN(Cc1ccccc1O)C(=O)CN1C(=O)[C@H]2[C@H](C1=O)[C@H]1C=C[C@H]2C1. The maximum Gasteiger partial charge on any atom is 0.243 e. The number of hydrogen-bond donors (Lipinski definition) is 1. The number of benzene rings is 1. The van der Waals surface area contributed by atoms with E-state index in [0.717, 1.165) is 17.7 Å². The predicted molar refractivity (Wildman–Crippen MR) is 98.3 cm³/mol. The van der Waals surface area contributed by atoms with E-state index in [1.54, 1.807) is 29.2 Å². The van der Waals surface area contributed by atoms with Gasteiger partial charge in [0.25, 0.3) is 0 Å². The van der Waals surface area contributed by atoms with Crippen molar-refractivity contribution in [1.82, 2.24) is 9.80 Å². The first-order valence-electron chi connectivity index (χ1n) is 9.59. The van der Waals surface area contributed by atoms with E-state index in [9.17, 15) is 19.5 Å². The number of allylic oxidation sites excluding steroid dienone is 2. The molecular weight excluding hydrogens is 344 g/mol. The fourth-order valence-electron chi connectivity index (χ4n) is 4.77. The molecule has 0 radical (unpaired) electrons. The third kappa shape index (κ3) is 2.93. The van der Waals surface area contributed by atoms with Crippen molar-refractivity contribution in [2.24, 2.45) is 23.7 Å². The number of phenols is 1. The van der Waals surface area contributed by atoms with Crippen LogP contribution in [0.25, 0.3) is 0 Å². The summed E-state index contributed by atoms with van der Waals surface area (Å²) < 4.78 is 0. The molecular formula is C21H24N2O4. The first kappa shape index (κ1) is 17.8. The zero-order chi connectivity index (χ0) is 19.1. The summed E-state index contributed by atoms with van der Waals surface area (Å²) in [5.41, 5.74) is 0.650. The van der Waals surface area contributed by atoms with Gasteiger partial charge in [-0.3, -0.25) is 19.3 Å². The van der Waals surface area contributed by atoms with E-state index in [-0.39, 0.29) is 60.2 Å². The highest BCUT2D eigenvalue weighted by Crippen LogP contribution is 2.52. The highest BCUT2D eigenvalue weighted by Gasteiger charge is 2.59. The Morgan fingerprint density at radius 3 is 2.37 bits per heavy atom. The van der Waals surface area contributed by atoms with Gasteiger partial charge in [-0.2, -0.15) is 0 Å². The van der Waals surface area contributed by atoms with Gasteiger partial charge in [-0.05, 0) is 30.7 Å². The molecule has 1 saturated heterocycles. The third-order valence-electron chi connectivity index (χ3n) is 6.05. The Hall–Kier alpha value is -2.63. The van der Waals surface area contributed by atoms with Gasteiger partial charge in [-0.25, -0.2) is 0 Å². The van der Waals surface area contributed by atoms with Crippen molar-refractivity contribution >= 4 is 17.7 Å². The molecule has 4 rings (SSSR count). The Balaban J connectivity index is 1.48. The number of aromatic hydroxyl groups is 1. The van der Waals surface area contributed by atoms with Gasteiger partial charge < -0.3 is 10.0 Å². The number of nitrogens with zero attached hydrogens (tertiary/aromatic N) is 2. The monoisotopic (exact) mass is 368 g/mol. The van der Waals surface area contributed by atoms with Crippen LogP contribution in [0.4, 0.5) is 0 Å². The highest BCUT2D eigenvalue weighted by molar-refractivity contribution is 6.08. The lowest BCUT2D eigenvalue weighted by molar-refractivity contribution is -0.147. The molecule has 3 aliphatic rings. The normalized spacial score (nSPS) is 28.1. The van der Waals surface area contributed by atoms with Crippen molar-refractivity contribution in [2.45, 2.75) is 26.3 Å². The van der Waals surface area contributed by atoms with Crippen LogP contribution in [0.5, 0.6) is 5.75 Å². The van der Waals surface area contributed by atoms with Crippen molar-refractivity contribution in [3.8, 4) is 5.75 Å². The number of fused-ring (bicyclic) bond motifs is 5. The molecule has 1 aromatic rings. The number of likely N-dealkylation sites (tertiary alicyclic amines) is 1. The molecule has 142 valence electrons. The van der Waals surface area contributed by atoms with Crippen LogP contribution in [0.3, 0.4) is 0 Å². The molecule has 4 atom stereocenters. The lowest BCUT2D eigenvalue weighted by Crippen LogP contribution is -2.43.